The third-order valence-corrected chi connectivity index (χ3v) is 21.0. The zero-order chi connectivity index (χ0) is 90.1. The fraction of sp³-hybridized carbons (Fsp3) is 0.532. The molecule has 0 fully saturated rings. The molecule has 0 aromatic carbocycles. The number of halogens is 1. The highest BCUT2D eigenvalue weighted by atomic mass is 32.2. The van der Waals surface area contributed by atoms with Crippen molar-refractivity contribution in [2.45, 2.75) is 297 Å². The Kier molecular flexibility index (Phi) is 43.2. The molecule has 7 aromatic heterocycles. The minimum absolute atomic E-state index is 0.0229. The van der Waals surface area contributed by atoms with Crippen LogP contribution in [0.5, 0.6) is 0 Å². The Morgan fingerprint density at radius 1 is 0.565 bits per heavy atom. The Morgan fingerprint density at radius 2 is 1.07 bits per heavy atom. The molecule has 0 saturated heterocycles. The highest BCUT2D eigenvalue weighted by molar-refractivity contribution is 7.95. The Morgan fingerprint density at radius 3 is 1.33 bits per heavy atom. The van der Waals surface area contributed by atoms with Gasteiger partial charge in [0.25, 0.3) is 0 Å². The van der Waals surface area contributed by atoms with Gasteiger partial charge in [0.2, 0.25) is 5.95 Å². The number of imidazole rings is 2. The monoisotopic (exact) mass is 1630 g/mol. The first-order chi connectivity index (χ1) is 52.1. The minimum atomic E-state index is -3.07. The maximum atomic E-state index is 12.3. The van der Waals surface area contributed by atoms with Crippen molar-refractivity contribution >= 4 is 62.0 Å². The number of carbonyl (C=O) groups excluding carboxylic acids is 3. The van der Waals surface area contributed by atoms with E-state index in [0.717, 1.165) is 58.3 Å². The summed E-state index contributed by atoms with van der Waals surface area (Å²) >= 11 is 3.12. The molecule has 115 heavy (non-hydrogen) atoms. The lowest BCUT2D eigenvalue weighted by Gasteiger charge is -2.30. The third kappa shape index (κ3) is 41.8. The van der Waals surface area contributed by atoms with Crippen LogP contribution in [-0.4, -0.2) is 88.9 Å². The van der Waals surface area contributed by atoms with E-state index in [1.165, 1.54) is 28.4 Å². The molecular formula is C94H141FN12O5S3. The quantitative estimate of drug-likeness (QED) is 0.119. The Hall–Kier alpha value is -9.12. The molecule has 632 valence electrons. The van der Waals surface area contributed by atoms with Crippen molar-refractivity contribution in [3.63, 3.8) is 0 Å². The van der Waals surface area contributed by atoms with Crippen molar-refractivity contribution in [1.82, 2.24) is 58.4 Å². The first kappa shape index (κ1) is 108. The second kappa shape index (κ2) is 46.0. The van der Waals surface area contributed by atoms with Crippen molar-refractivity contribution in [1.29, 1.82) is 0 Å². The van der Waals surface area contributed by atoms with Gasteiger partial charge >= 0.3 is 0 Å². The number of thiazole rings is 2. The van der Waals surface area contributed by atoms with Gasteiger partial charge in [0.15, 0.2) is 43.0 Å². The molecule has 0 saturated carbocycles. The molecule has 0 amide bonds. The summed E-state index contributed by atoms with van der Waals surface area (Å²) in [6.45, 7) is 81.5. The van der Waals surface area contributed by atoms with Gasteiger partial charge in [-0.1, -0.05) is 142 Å². The molecular weight excluding hydrogens is 1490 g/mol. The fourth-order valence-corrected chi connectivity index (χ4v) is 11.3. The summed E-state index contributed by atoms with van der Waals surface area (Å²) in [5.41, 5.74) is 3.26. The van der Waals surface area contributed by atoms with Crippen LogP contribution in [0.1, 0.15) is 298 Å². The number of aromatic nitrogens is 12. The van der Waals surface area contributed by atoms with E-state index in [2.05, 4.69) is 256 Å². The van der Waals surface area contributed by atoms with Gasteiger partial charge in [-0.15, -0.1) is 53.5 Å². The molecule has 2 atom stereocenters. The zero-order valence-electron chi connectivity index (χ0n) is 76.2. The van der Waals surface area contributed by atoms with E-state index in [-0.39, 0.29) is 72.3 Å². The molecule has 0 N–H and O–H groups in total. The van der Waals surface area contributed by atoms with Crippen molar-refractivity contribution < 1.29 is 27.2 Å². The van der Waals surface area contributed by atoms with Crippen molar-refractivity contribution in [3.05, 3.63) is 185 Å². The number of ketones is 3. The summed E-state index contributed by atoms with van der Waals surface area (Å²) in [5.74, 6) is 12.8. The summed E-state index contributed by atoms with van der Waals surface area (Å²) in [4.78, 5) is 50.9. The Balaban J connectivity index is 0. The van der Waals surface area contributed by atoms with E-state index in [1.54, 1.807) is 79.7 Å². The molecule has 7 aromatic rings. The van der Waals surface area contributed by atoms with Gasteiger partial charge in [0.05, 0.1) is 32.8 Å². The van der Waals surface area contributed by atoms with Gasteiger partial charge < -0.3 is 9.13 Å². The van der Waals surface area contributed by atoms with Gasteiger partial charge in [-0.2, -0.15) is 14.6 Å². The number of hydrogen-bond donors (Lipinski definition) is 0. The number of carbonyl (C=O) groups is 3. The molecule has 9 rings (SSSR count). The molecule has 7 heterocycles. The predicted octanol–water partition coefficient (Wildman–Crippen LogP) is 22.7. The first-order valence-corrected chi connectivity index (χ1v) is 41.7. The molecule has 21 heteroatoms. The number of allylic oxidation sites excluding steroid dienone is 5. The van der Waals surface area contributed by atoms with E-state index in [9.17, 15) is 27.2 Å². The average Bonchev–Trinajstić information content (AvgIpc) is 1.60. The van der Waals surface area contributed by atoms with Crippen LogP contribution in [-0.2, 0) is 62.7 Å². The molecule has 2 unspecified atom stereocenters. The maximum Gasteiger partial charge on any atom is 0.232 e. The number of nitrogens with zero attached hydrogens (tertiary/aromatic N) is 12. The van der Waals surface area contributed by atoms with E-state index >= 15 is 0 Å². The molecule has 17 nitrogen and oxygen atoms in total. The maximum absolute atomic E-state index is 12.3. The van der Waals surface area contributed by atoms with Gasteiger partial charge in [-0.05, 0) is 232 Å². The van der Waals surface area contributed by atoms with Crippen LogP contribution < -0.4 is 0 Å². The zero-order valence-corrected chi connectivity index (χ0v) is 78.6. The van der Waals surface area contributed by atoms with E-state index in [0.29, 0.717) is 23.2 Å². The lowest BCUT2D eigenvalue weighted by Crippen LogP contribution is -2.28. The van der Waals surface area contributed by atoms with Crippen molar-refractivity contribution in [2.24, 2.45) is 28.1 Å². The largest absolute Gasteiger partial charge is 0.326 e. The summed E-state index contributed by atoms with van der Waals surface area (Å²) < 4.78 is 42.9. The van der Waals surface area contributed by atoms with Crippen molar-refractivity contribution in [2.75, 3.05) is 0 Å². The van der Waals surface area contributed by atoms with E-state index in [1.807, 2.05) is 116 Å². The highest BCUT2D eigenvalue weighted by Gasteiger charge is 2.31. The van der Waals surface area contributed by atoms with Crippen LogP contribution in [0.2, 0.25) is 0 Å². The standard InChI is InChI=1S/2C10H16O.C9H14N2.C9H12N2.C9H14N2.C9H12N2.2C9H11NS.C7H11FN2.C7H12O.C6H12O2S/c1-10(2,3)8-5-4-6-9(11)7-8;1-10(2,3)8-6-4-5-7-9(8)11;2*1-5-8-10-6-7-11(8)9(2,3)4;2*1-5-8-6-7-11(10-8)9(2,3)4;1-5-8-10-7(6-11-8)9(2,3)4;1-5-8-10-6-7(11-8)9(2,3)4;1-7(2,3)10-5-4-6(8)9-10;1-5-6(8)7(2,3)4;1-5-9(7,8)6(2,3)4/h4,6,8H,5,7H2,1-3H3;5,7-8H,4,6H2,1-3H3;5-7H,1H2,2-4H3;1,6-7H,2-4H3;5-7H,1H2,2-4H3;1,6-7H,2-4H3;2*1,6H,2-4H3;4-5H,1-3H3;5H,1H2,2-4H3;5H,1H2,2-4H3. The summed E-state index contributed by atoms with van der Waals surface area (Å²) in [6.07, 6.45) is 51.8. The lowest BCUT2D eigenvalue weighted by molar-refractivity contribution is -0.122. The number of sulfone groups is 1. The van der Waals surface area contributed by atoms with Gasteiger partial charge in [-0.25, -0.2) is 28.4 Å². The van der Waals surface area contributed by atoms with Crippen LogP contribution in [0.25, 0.3) is 12.2 Å². The second-order valence-electron chi connectivity index (χ2n) is 38.4. The van der Waals surface area contributed by atoms with Crippen molar-refractivity contribution in [3.8, 4) is 49.4 Å². The first-order valence-electron chi connectivity index (χ1n) is 38.5. The predicted molar refractivity (Wildman–Crippen MR) is 486 cm³/mol. The Bertz CT molecular complexity index is 4390. The molecule has 0 bridgehead atoms. The molecule has 2 aliphatic carbocycles. The Labute approximate surface area is 702 Å². The van der Waals surface area contributed by atoms with Gasteiger partial charge in [0, 0.05) is 106 Å². The molecule has 0 radical (unpaired) electrons. The fourth-order valence-electron chi connectivity index (χ4n) is 9.18. The summed E-state index contributed by atoms with van der Waals surface area (Å²) in [5, 5.41) is 16.7. The lowest BCUT2D eigenvalue weighted by atomic mass is 9.74. The summed E-state index contributed by atoms with van der Waals surface area (Å²) in [7, 11) is -3.07. The van der Waals surface area contributed by atoms with Crippen LogP contribution >= 0.6 is 22.7 Å². The minimum Gasteiger partial charge on any atom is -0.326 e. The number of hydrogen-bond acceptors (Lipinski definition) is 14. The SMILES string of the molecule is C#Cc1ccn(C(C)(C)C)n1.C#Cc1nc(C(C)(C)C)cs1.C#Cc1ncc(C(C)(C)C)s1.C#Cc1nccn1C(C)(C)C.C=CC(=O)C(C)(C)C.C=CS(=O)(=O)C(C)(C)C.C=Cc1ccn(C(C)(C)C)n1.C=Cc1nccn1C(C)(C)C.CC(C)(C)C1CC=CC(=O)C1.CC(C)(C)C1CCC=CC1=O.CC(C)(C)n1ccc(F)n1. The second-order valence-corrected chi connectivity index (χ2v) is 42.9. The smallest absolute Gasteiger partial charge is 0.232 e. The summed E-state index contributed by atoms with van der Waals surface area (Å²) in [6, 6.07) is 5.15. The van der Waals surface area contributed by atoms with E-state index < -0.39 is 20.5 Å². The molecule has 2 aliphatic rings. The number of rotatable bonds is 4. The third-order valence-electron chi connectivity index (χ3n) is 16.7. The van der Waals surface area contributed by atoms with Crippen LogP contribution in [0.15, 0.2) is 135 Å². The van der Waals surface area contributed by atoms with Gasteiger partial charge in [-0.3, -0.25) is 28.4 Å². The number of terminal acetylenes is 4. The topological polar surface area (TPSA) is 200 Å². The van der Waals surface area contributed by atoms with Crippen LogP contribution in [0.4, 0.5) is 4.39 Å². The van der Waals surface area contributed by atoms with Crippen LogP contribution in [0.3, 0.4) is 0 Å². The van der Waals surface area contributed by atoms with Crippen LogP contribution in [0, 0.1) is 83.4 Å². The average molecular weight is 1630 g/mol. The highest BCUT2D eigenvalue weighted by Crippen LogP contribution is 2.35. The van der Waals surface area contributed by atoms with E-state index in [4.69, 9.17) is 25.7 Å². The normalized spacial score (nSPS) is 14.2. The van der Waals surface area contributed by atoms with Gasteiger partial charge in [0.1, 0.15) is 11.5 Å². The molecule has 0 spiro atoms. The molecule has 0 aliphatic heterocycles.